The van der Waals surface area contributed by atoms with Crippen LogP contribution in [0.5, 0.6) is 0 Å². The van der Waals surface area contributed by atoms with E-state index in [1.54, 1.807) is 4.90 Å². The van der Waals surface area contributed by atoms with Gasteiger partial charge < -0.3 is 14.7 Å². The average Bonchev–Trinajstić information content (AvgIpc) is 2.98. The zero-order valence-corrected chi connectivity index (χ0v) is 11.1. The van der Waals surface area contributed by atoms with Crippen LogP contribution in [0.4, 0.5) is 0 Å². The predicted molar refractivity (Wildman–Crippen MR) is 67.5 cm³/mol. The van der Waals surface area contributed by atoms with E-state index < -0.39 is 12.0 Å². The van der Waals surface area contributed by atoms with Gasteiger partial charge in [-0.15, -0.1) is 0 Å². The molecule has 0 spiro atoms. The quantitative estimate of drug-likeness (QED) is 0.814. The summed E-state index contributed by atoms with van der Waals surface area (Å²) in [6.45, 7) is 1.81. The molecule has 2 saturated heterocycles. The van der Waals surface area contributed by atoms with E-state index in [9.17, 15) is 14.7 Å². The van der Waals surface area contributed by atoms with Crippen molar-refractivity contribution in [3.05, 3.63) is 0 Å². The van der Waals surface area contributed by atoms with Crippen LogP contribution < -0.4 is 0 Å². The third kappa shape index (κ3) is 2.24. The van der Waals surface area contributed by atoms with Crippen LogP contribution in [-0.4, -0.2) is 47.7 Å². The number of hydrogen-bond donors (Lipinski definition) is 1. The first-order chi connectivity index (χ1) is 9.18. The molecule has 0 aromatic carbocycles. The highest BCUT2D eigenvalue weighted by Gasteiger charge is 2.50. The van der Waals surface area contributed by atoms with Gasteiger partial charge in [0.1, 0.15) is 6.04 Å². The molecule has 3 aliphatic rings. The van der Waals surface area contributed by atoms with Crippen LogP contribution in [0.25, 0.3) is 0 Å². The molecule has 0 radical (unpaired) electrons. The largest absolute Gasteiger partial charge is 0.480 e. The molecule has 5 nitrogen and oxygen atoms in total. The Kier molecular flexibility index (Phi) is 3.48. The van der Waals surface area contributed by atoms with Crippen LogP contribution >= 0.6 is 0 Å². The number of likely N-dealkylation sites (tertiary alicyclic amines) is 1. The number of carbonyl (C=O) groups excluding carboxylic acids is 1. The van der Waals surface area contributed by atoms with E-state index in [1.807, 2.05) is 0 Å². The number of carbonyl (C=O) groups is 2. The van der Waals surface area contributed by atoms with E-state index in [2.05, 4.69) is 0 Å². The molecule has 4 atom stereocenters. The minimum Gasteiger partial charge on any atom is -0.480 e. The van der Waals surface area contributed by atoms with Crippen molar-refractivity contribution >= 4 is 11.9 Å². The van der Waals surface area contributed by atoms with Gasteiger partial charge in [0.25, 0.3) is 0 Å². The molecule has 2 heterocycles. The molecule has 3 rings (SSSR count). The number of fused-ring (bicyclic) bond motifs is 1. The highest BCUT2D eigenvalue weighted by atomic mass is 16.5. The van der Waals surface area contributed by atoms with Gasteiger partial charge in [0.05, 0.1) is 12.5 Å². The summed E-state index contributed by atoms with van der Waals surface area (Å²) in [5, 5.41) is 9.45. The molecule has 0 aromatic heterocycles. The van der Waals surface area contributed by atoms with Crippen molar-refractivity contribution < 1.29 is 19.4 Å². The number of carboxylic acid groups (broad SMARTS) is 1. The predicted octanol–water partition coefficient (Wildman–Crippen LogP) is 1.12. The fourth-order valence-electron chi connectivity index (χ4n) is 4.02. The van der Waals surface area contributed by atoms with Gasteiger partial charge in [0, 0.05) is 13.2 Å². The number of aliphatic carboxylic acids is 1. The Morgan fingerprint density at radius 2 is 2.00 bits per heavy atom. The maximum atomic E-state index is 12.5. The molecule has 5 heteroatoms. The maximum Gasteiger partial charge on any atom is 0.326 e. The van der Waals surface area contributed by atoms with Crippen LogP contribution in [0, 0.1) is 17.8 Å². The summed E-state index contributed by atoms with van der Waals surface area (Å²) >= 11 is 0. The average molecular weight is 267 g/mol. The lowest BCUT2D eigenvalue weighted by Crippen LogP contribution is -2.47. The third-order valence-corrected chi connectivity index (χ3v) is 4.94. The molecule has 2 aliphatic heterocycles. The van der Waals surface area contributed by atoms with Crippen LogP contribution in [0.1, 0.15) is 32.1 Å². The van der Waals surface area contributed by atoms with Crippen LogP contribution in [0.3, 0.4) is 0 Å². The summed E-state index contributed by atoms with van der Waals surface area (Å²) in [6, 6.07) is -0.595. The number of ether oxygens (including phenoxy) is 1. The van der Waals surface area contributed by atoms with E-state index >= 15 is 0 Å². The molecule has 4 unspecified atom stereocenters. The smallest absolute Gasteiger partial charge is 0.326 e. The number of amides is 1. The van der Waals surface area contributed by atoms with E-state index in [1.165, 1.54) is 0 Å². The van der Waals surface area contributed by atoms with Crippen LogP contribution in [0.15, 0.2) is 0 Å². The lowest BCUT2D eigenvalue weighted by molar-refractivity contribution is -0.153. The molecular weight excluding hydrogens is 246 g/mol. The van der Waals surface area contributed by atoms with Gasteiger partial charge in [0.15, 0.2) is 0 Å². The zero-order chi connectivity index (χ0) is 13.4. The standard InChI is InChI=1S/C14H21NO4/c16-13(10-4-2-6-19-8-10)15-7-9-3-1-5-11(9)12(15)14(17)18/h9-12H,1-8H2,(H,17,18). The summed E-state index contributed by atoms with van der Waals surface area (Å²) in [5.41, 5.74) is 0. The van der Waals surface area contributed by atoms with E-state index in [0.717, 1.165) is 38.7 Å². The second-order valence-electron chi connectivity index (χ2n) is 6.04. The Morgan fingerprint density at radius 3 is 2.68 bits per heavy atom. The molecule has 0 aromatic rings. The van der Waals surface area contributed by atoms with Crippen molar-refractivity contribution in [3.8, 4) is 0 Å². The Hall–Kier alpha value is -1.10. The van der Waals surface area contributed by atoms with Crippen LogP contribution in [-0.2, 0) is 14.3 Å². The molecule has 3 fully saturated rings. The molecule has 1 N–H and O–H groups in total. The lowest BCUT2D eigenvalue weighted by Gasteiger charge is -2.30. The van der Waals surface area contributed by atoms with Gasteiger partial charge in [-0.1, -0.05) is 6.42 Å². The van der Waals surface area contributed by atoms with E-state index in [-0.39, 0.29) is 17.7 Å². The highest BCUT2D eigenvalue weighted by Crippen LogP contribution is 2.43. The molecule has 1 saturated carbocycles. The minimum absolute atomic E-state index is 0.00139. The number of rotatable bonds is 2. The minimum atomic E-state index is -0.834. The normalized spacial score (nSPS) is 38.2. The summed E-state index contributed by atoms with van der Waals surface area (Å²) < 4.78 is 5.36. The molecule has 19 heavy (non-hydrogen) atoms. The first-order valence-corrected chi connectivity index (χ1v) is 7.29. The SMILES string of the molecule is O=C(O)C1C2CCCC2CN1C(=O)C1CCCOC1. The lowest BCUT2D eigenvalue weighted by atomic mass is 9.94. The van der Waals surface area contributed by atoms with E-state index in [4.69, 9.17) is 4.74 Å². The molecule has 1 amide bonds. The van der Waals surface area contributed by atoms with Crippen molar-refractivity contribution in [1.82, 2.24) is 4.90 Å². The van der Waals surface area contributed by atoms with Crippen molar-refractivity contribution in [2.75, 3.05) is 19.8 Å². The Balaban J connectivity index is 1.75. The van der Waals surface area contributed by atoms with Crippen molar-refractivity contribution in [1.29, 1.82) is 0 Å². The topological polar surface area (TPSA) is 66.8 Å². The maximum absolute atomic E-state index is 12.5. The monoisotopic (exact) mass is 267 g/mol. The molecule has 1 aliphatic carbocycles. The van der Waals surface area contributed by atoms with Gasteiger partial charge in [-0.05, 0) is 37.5 Å². The first kappa shape index (κ1) is 12.9. The van der Waals surface area contributed by atoms with Crippen molar-refractivity contribution in [2.24, 2.45) is 17.8 Å². The van der Waals surface area contributed by atoms with Gasteiger partial charge in [-0.2, -0.15) is 0 Å². The number of carboxylic acids is 1. The fourth-order valence-corrected chi connectivity index (χ4v) is 4.02. The zero-order valence-electron chi connectivity index (χ0n) is 11.1. The molecule has 106 valence electrons. The number of hydrogen-bond acceptors (Lipinski definition) is 3. The Labute approximate surface area is 112 Å². The van der Waals surface area contributed by atoms with Gasteiger partial charge in [-0.3, -0.25) is 4.79 Å². The Bertz CT molecular complexity index is 378. The molecular formula is C14H21NO4. The summed E-state index contributed by atoms with van der Waals surface area (Å²) in [5.74, 6) is -0.393. The summed E-state index contributed by atoms with van der Waals surface area (Å²) in [7, 11) is 0. The second-order valence-corrected chi connectivity index (χ2v) is 6.04. The van der Waals surface area contributed by atoms with E-state index in [0.29, 0.717) is 19.1 Å². The highest BCUT2D eigenvalue weighted by molar-refractivity contribution is 5.86. The summed E-state index contributed by atoms with van der Waals surface area (Å²) in [4.78, 5) is 25.7. The number of nitrogens with zero attached hydrogens (tertiary/aromatic N) is 1. The molecule has 0 bridgehead atoms. The van der Waals surface area contributed by atoms with Crippen molar-refractivity contribution in [2.45, 2.75) is 38.1 Å². The van der Waals surface area contributed by atoms with Gasteiger partial charge in [-0.25, -0.2) is 4.79 Å². The third-order valence-electron chi connectivity index (χ3n) is 4.94. The first-order valence-electron chi connectivity index (χ1n) is 7.29. The summed E-state index contributed by atoms with van der Waals surface area (Å²) in [6.07, 6.45) is 4.85. The van der Waals surface area contributed by atoms with Gasteiger partial charge in [0.2, 0.25) is 5.91 Å². The van der Waals surface area contributed by atoms with Crippen molar-refractivity contribution in [3.63, 3.8) is 0 Å². The fraction of sp³-hybridized carbons (Fsp3) is 0.857. The van der Waals surface area contributed by atoms with Gasteiger partial charge >= 0.3 is 5.97 Å². The second kappa shape index (κ2) is 5.12. The Morgan fingerprint density at radius 1 is 1.16 bits per heavy atom. The van der Waals surface area contributed by atoms with Crippen LogP contribution in [0.2, 0.25) is 0 Å².